The van der Waals surface area contributed by atoms with Gasteiger partial charge in [0.05, 0.1) is 24.5 Å². The van der Waals surface area contributed by atoms with Crippen LogP contribution < -0.4 is 5.32 Å². The molecule has 1 amide bonds. The minimum absolute atomic E-state index is 0.0939. The second-order valence-electron chi connectivity index (χ2n) is 7.13. The van der Waals surface area contributed by atoms with Crippen LogP contribution in [0.1, 0.15) is 35.8 Å². The maximum atomic E-state index is 13.3. The molecule has 1 N–H and O–H groups in total. The van der Waals surface area contributed by atoms with Gasteiger partial charge < -0.3 is 5.32 Å². The Morgan fingerprint density at radius 1 is 1.17 bits per heavy atom. The van der Waals surface area contributed by atoms with Gasteiger partial charge in [0.15, 0.2) is 5.82 Å². The highest BCUT2D eigenvalue weighted by Crippen LogP contribution is 2.21. The molecular weight excluding hydrogens is 385 g/mol. The number of halogens is 1. The number of benzene rings is 2. The number of aromatic nitrogens is 6. The zero-order valence-corrected chi connectivity index (χ0v) is 16.5. The Labute approximate surface area is 172 Å². The van der Waals surface area contributed by atoms with Gasteiger partial charge in [-0.25, -0.2) is 9.07 Å². The van der Waals surface area contributed by atoms with E-state index in [2.05, 4.69) is 25.9 Å². The summed E-state index contributed by atoms with van der Waals surface area (Å²) >= 11 is 0. The first-order chi connectivity index (χ1) is 14.5. The van der Waals surface area contributed by atoms with Crippen molar-refractivity contribution in [2.45, 2.75) is 26.4 Å². The van der Waals surface area contributed by atoms with Crippen molar-refractivity contribution in [3.8, 4) is 11.4 Å². The Balaban J connectivity index is 1.48. The average Bonchev–Trinajstić information content (AvgIpc) is 3.38. The van der Waals surface area contributed by atoms with Crippen LogP contribution in [0, 0.1) is 5.82 Å². The number of amides is 1. The number of carbonyl (C=O) groups excluding carboxylic acids is 1. The lowest BCUT2D eigenvalue weighted by Gasteiger charge is -2.09. The summed E-state index contributed by atoms with van der Waals surface area (Å²) in [5.41, 5.74) is 2.56. The molecule has 0 aliphatic rings. The van der Waals surface area contributed by atoms with Crippen molar-refractivity contribution in [2.75, 3.05) is 5.32 Å². The van der Waals surface area contributed by atoms with Crippen LogP contribution in [-0.2, 0) is 6.54 Å². The summed E-state index contributed by atoms with van der Waals surface area (Å²) in [4.78, 5) is 12.7. The molecule has 2 heterocycles. The summed E-state index contributed by atoms with van der Waals surface area (Å²) in [7, 11) is 0. The zero-order valence-electron chi connectivity index (χ0n) is 16.5. The number of anilines is 1. The van der Waals surface area contributed by atoms with Crippen LogP contribution in [0.15, 0.2) is 60.9 Å². The maximum absolute atomic E-state index is 13.3. The summed E-state index contributed by atoms with van der Waals surface area (Å²) in [6.07, 6.45) is 3.26. The topological polar surface area (TPSA) is 90.5 Å². The molecule has 0 saturated carbocycles. The Hall–Kier alpha value is -3.88. The van der Waals surface area contributed by atoms with Gasteiger partial charge in [0, 0.05) is 17.3 Å². The van der Waals surface area contributed by atoms with E-state index in [4.69, 9.17) is 0 Å². The van der Waals surface area contributed by atoms with E-state index < -0.39 is 0 Å². The highest BCUT2D eigenvalue weighted by molar-refractivity contribution is 6.04. The molecule has 8 nitrogen and oxygen atoms in total. The summed E-state index contributed by atoms with van der Waals surface area (Å²) in [5.74, 6) is 0.0323. The number of hydrogen-bond acceptors (Lipinski definition) is 5. The number of rotatable bonds is 6. The van der Waals surface area contributed by atoms with Gasteiger partial charge in [-0.1, -0.05) is 24.3 Å². The normalized spacial score (nSPS) is 11.1. The highest BCUT2D eigenvalue weighted by Gasteiger charge is 2.14. The van der Waals surface area contributed by atoms with Crippen LogP contribution in [0.5, 0.6) is 0 Å². The number of nitrogens with zero attached hydrogens (tertiary/aromatic N) is 6. The molecule has 0 unspecified atom stereocenters. The van der Waals surface area contributed by atoms with Crippen molar-refractivity contribution in [3.63, 3.8) is 0 Å². The van der Waals surface area contributed by atoms with Gasteiger partial charge >= 0.3 is 0 Å². The molecule has 0 spiro atoms. The van der Waals surface area contributed by atoms with Gasteiger partial charge in [-0.2, -0.15) is 5.10 Å². The van der Waals surface area contributed by atoms with Gasteiger partial charge in [0.2, 0.25) is 0 Å². The van der Waals surface area contributed by atoms with E-state index in [0.29, 0.717) is 23.6 Å². The Morgan fingerprint density at radius 2 is 2.00 bits per heavy atom. The van der Waals surface area contributed by atoms with Gasteiger partial charge in [-0.05, 0) is 54.1 Å². The van der Waals surface area contributed by atoms with Crippen molar-refractivity contribution in [3.05, 3.63) is 77.9 Å². The third-order valence-electron chi connectivity index (χ3n) is 4.49. The molecule has 0 fully saturated rings. The molecule has 0 aliphatic carbocycles. The second kappa shape index (κ2) is 8.24. The second-order valence-corrected chi connectivity index (χ2v) is 7.13. The summed E-state index contributed by atoms with van der Waals surface area (Å²) < 4.78 is 16.7. The van der Waals surface area contributed by atoms with Crippen molar-refractivity contribution in [1.29, 1.82) is 0 Å². The van der Waals surface area contributed by atoms with Crippen LogP contribution in [0.25, 0.3) is 11.4 Å². The first-order valence-corrected chi connectivity index (χ1v) is 9.46. The molecule has 4 rings (SSSR count). The average molecular weight is 405 g/mol. The fourth-order valence-electron chi connectivity index (χ4n) is 3.07. The monoisotopic (exact) mass is 405 g/mol. The smallest absolute Gasteiger partial charge is 0.255 e. The molecule has 30 heavy (non-hydrogen) atoms. The molecule has 2 aromatic heterocycles. The number of carbonyl (C=O) groups is 1. The van der Waals surface area contributed by atoms with Crippen molar-refractivity contribution in [2.24, 2.45) is 0 Å². The molecule has 0 atom stereocenters. The van der Waals surface area contributed by atoms with Crippen molar-refractivity contribution >= 4 is 11.6 Å². The summed E-state index contributed by atoms with van der Waals surface area (Å²) in [6, 6.07) is 13.5. The molecule has 9 heteroatoms. The molecule has 0 saturated heterocycles. The first-order valence-electron chi connectivity index (χ1n) is 9.46. The van der Waals surface area contributed by atoms with Crippen LogP contribution in [0.3, 0.4) is 0 Å². The van der Waals surface area contributed by atoms with E-state index >= 15 is 0 Å². The molecule has 0 radical (unpaired) electrons. The van der Waals surface area contributed by atoms with Crippen LogP contribution in [0.4, 0.5) is 10.1 Å². The predicted octanol–water partition coefficient (Wildman–Crippen LogP) is 3.56. The molecule has 0 aliphatic heterocycles. The number of tetrazole rings is 1. The van der Waals surface area contributed by atoms with Gasteiger partial charge in [0.1, 0.15) is 5.82 Å². The lowest BCUT2D eigenvalue weighted by atomic mass is 10.1. The van der Waals surface area contributed by atoms with Crippen LogP contribution in [-0.4, -0.2) is 35.9 Å². The molecular formula is C21H20FN7O. The summed E-state index contributed by atoms with van der Waals surface area (Å²) in [6.45, 7) is 4.37. The van der Waals surface area contributed by atoms with E-state index in [1.54, 1.807) is 46.0 Å². The number of nitrogens with one attached hydrogen (secondary N) is 1. The van der Waals surface area contributed by atoms with E-state index in [-0.39, 0.29) is 17.8 Å². The fourth-order valence-corrected chi connectivity index (χ4v) is 3.07. The minimum Gasteiger partial charge on any atom is -0.319 e. The third-order valence-corrected chi connectivity index (χ3v) is 4.49. The van der Waals surface area contributed by atoms with Gasteiger partial charge in [-0.3, -0.25) is 9.48 Å². The third kappa shape index (κ3) is 4.24. The highest BCUT2D eigenvalue weighted by atomic mass is 19.1. The van der Waals surface area contributed by atoms with E-state index in [1.165, 1.54) is 12.1 Å². The first kappa shape index (κ1) is 19.4. The predicted molar refractivity (Wildman–Crippen MR) is 109 cm³/mol. The minimum atomic E-state index is -0.295. The van der Waals surface area contributed by atoms with Crippen LogP contribution in [0.2, 0.25) is 0 Å². The lowest BCUT2D eigenvalue weighted by Crippen LogP contribution is -2.12. The van der Waals surface area contributed by atoms with Gasteiger partial charge in [0.25, 0.3) is 5.91 Å². The molecule has 0 bridgehead atoms. The van der Waals surface area contributed by atoms with Gasteiger partial charge in [-0.15, -0.1) is 5.10 Å². The fraction of sp³-hybridized carbons (Fsp3) is 0.190. The zero-order chi connectivity index (χ0) is 21.1. The van der Waals surface area contributed by atoms with E-state index in [9.17, 15) is 9.18 Å². The van der Waals surface area contributed by atoms with Crippen LogP contribution >= 0.6 is 0 Å². The van der Waals surface area contributed by atoms with Crippen molar-refractivity contribution in [1.82, 2.24) is 30.0 Å². The molecule has 4 aromatic rings. The Morgan fingerprint density at radius 3 is 2.80 bits per heavy atom. The standard InChI is InChI=1S/C21H20FN7O/c1-14(2)29-20(25-26-27-29)16-6-4-7-17(10-16)21(30)24-19-11-23-28(13-19)12-15-5-3-8-18(22)9-15/h3-11,13-14H,12H2,1-2H3,(H,24,30). The van der Waals surface area contributed by atoms with E-state index in [1.807, 2.05) is 26.0 Å². The van der Waals surface area contributed by atoms with E-state index in [0.717, 1.165) is 11.1 Å². The quantitative estimate of drug-likeness (QED) is 0.530. The SMILES string of the molecule is CC(C)n1nnnc1-c1cccc(C(=O)Nc2cnn(Cc3cccc(F)c3)c2)c1. The summed E-state index contributed by atoms with van der Waals surface area (Å²) in [5, 5.41) is 18.9. The Bertz CT molecular complexity index is 1180. The van der Waals surface area contributed by atoms with Crippen molar-refractivity contribution < 1.29 is 9.18 Å². The molecule has 152 valence electrons. The Kier molecular flexibility index (Phi) is 5.34. The number of hydrogen-bond donors (Lipinski definition) is 1. The largest absolute Gasteiger partial charge is 0.319 e. The maximum Gasteiger partial charge on any atom is 0.255 e. The molecule has 2 aromatic carbocycles. The lowest BCUT2D eigenvalue weighted by molar-refractivity contribution is 0.102.